The molecule has 0 bridgehead atoms. The van der Waals surface area contributed by atoms with E-state index in [1.54, 1.807) is 0 Å². The standard InChI is InChI=1S/C10H10F3N3O3/c11-10(12,13)19-7-4-2-1-3-6(7)15-9(17)5-8(14)16-18/h1-4,18H,5H2,(H2,14,16)(H,15,17). The number of hydrogen-bond acceptors (Lipinski definition) is 4. The molecule has 0 unspecified atom stereocenters. The van der Waals surface area contributed by atoms with Crippen LogP contribution < -0.4 is 15.8 Å². The molecule has 104 valence electrons. The van der Waals surface area contributed by atoms with Crippen molar-refractivity contribution in [2.24, 2.45) is 10.9 Å². The SMILES string of the molecule is N/C(CC(=O)Nc1ccccc1OC(F)(F)F)=N\O. The molecule has 9 heteroatoms. The molecule has 1 rings (SSSR count). The molecule has 0 radical (unpaired) electrons. The van der Waals surface area contributed by atoms with E-state index in [0.717, 1.165) is 6.07 Å². The summed E-state index contributed by atoms with van der Waals surface area (Å²) in [6.07, 6.45) is -5.33. The van der Waals surface area contributed by atoms with E-state index in [4.69, 9.17) is 10.9 Å². The van der Waals surface area contributed by atoms with Crippen LogP contribution in [0.1, 0.15) is 6.42 Å². The maximum absolute atomic E-state index is 12.1. The quantitative estimate of drug-likeness (QED) is 0.337. The fourth-order valence-corrected chi connectivity index (χ4v) is 1.18. The van der Waals surface area contributed by atoms with Gasteiger partial charge in [-0.3, -0.25) is 4.79 Å². The van der Waals surface area contributed by atoms with Gasteiger partial charge in [0.1, 0.15) is 5.84 Å². The highest BCUT2D eigenvalue weighted by Crippen LogP contribution is 2.29. The van der Waals surface area contributed by atoms with E-state index < -0.39 is 24.4 Å². The van der Waals surface area contributed by atoms with Crippen molar-refractivity contribution in [3.8, 4) is 5.75 Å². The topological polar surface area (TPSA) is 96.9 Å². The van der Waals surface area contributed by atoms with E-state index >= 15 is 0 Å². The Morgan fingerprint density at radius 3 is 2.63 bits per heavy atom. The van der Waals surface area contributed by atoms with Gasteiger partial charge in [0.2, 0.25) is 5.91 Å². The molecule has 0 heterocycles. The number of nitrogens with one attached hydrogen (secondary N) is 1. The van der Waals surface area contributed by atoms with Gasteiger partial charge in [-0.15, -0.1) is 13.2 Å². The number of nitrogens with two attached hydrogens (primary N) is 1. The number of amidine groups is 1. The number of benzene rings is 1. The summed E-state index contributed by atoms with van der Waals surface area (Å²) in [6, 6.07) is 5.01. The number of anilines is 1. The molecule has 0 aliphatic carbocycles. The highest BCUT2D eigenvalue weighted by atomic mass is 19.4. The lowest BCUT2D eigenvalue weighted by Gasteiger charge is -2.13. The third-order valence-electron chi connectivity index (χ3n) is 1.86. The van der Waals surface area contributed by atoms with Crippen molar-refractivity contribution in [1.29, 1.82) is 0 Å². The van der Waals surface area contributed by atoms with Crippen molar-refractivity contribution in [2.45, 2.75) is 12.8 Å². The van der Waals surface area contributed by atoms with Gasteiger partial charge >= 0.3 is 6.36 Å². The van der Waals surface area contributed by atoms with Crippen LogP contribution in [0.3, 0.4) is 0 Å². The second kappa shape index (κ2) is 5.94. The molecular weight excluding hydrogens is 267 g/mol. The van der Waals surface area contributed by atoms with E-state index in [1.807, 2.05) is 0 Å². The Hall–Kier alpha value is -2.45. The summed E-state index contributed by atoms with van der Waals surface area (Å²) in [5.74, 6) is -1.66. The summed E-state index contributed by atoms with van der Waals surface area (Å²) in [5.41, 5.74) is 4.92. The molecule has 1 aromatic rings. The molecule has 1 amide bonds. The van der Waals surface area contributed by atoms with Gasteiger partial charge in [-0.25, -0.2) is 0 Å². The molecule has 19 heavy (non-hydrogen) atoms. The van der Waals surface area contributed by atoms with Crippen molar-refractivity contribution >= 4 is 17.4 Å². The van der Waals surface area contributed by atoms with E-state index in [-0.39, 0.29) is 11.5 Å². The first-order valence-electron chi connectivity index (χ1n) is 4.93. The molecular formula is C10H10F3N3O3. The van der Waals surface area contributed by atoms with E-state index in [1.165, 1.54) is 18.2 Å². The van der Waals surface area contributed by atoms with Crippen molar-refractivity contribution in [1.82, 2.24) is 0 Å². The van der Waals surface area contributed by atoms with Crippen LogP contribution in [-0.4, -0.2) is 23.3 Å². The maximum Gasteiger partial charge on any atom is 0.573 e. The fourth-order valence-electron chi connectivity index (χ4n) is 1.18. The summed E-state index contributed by atoms with van der Waals surface area (Å²) in [4.78, 5) is 11.4. The third-order valence-corrected chi connectivity index (χ3v) is 1.86. The Morgan fingerprint density at radius 2 is 2.05 bits per heavy atom. The number of para-hydroxylation sites is 2. The highest BCUT2D eigenvalue weighted by molar-refractivity contribution is 6.05. The molecule has 0 aliphatic rings. The van der Waals surface area contributed by atoms with Gasteiger partial charge < -0.3 is 21.0 Å². The number of alkyl halides is 3. The Morgan fingerprint density at radius 1 is 1.42 bits per heavy atom. The summed E-state index contributed by atoms with van der Waals surface area (Å²) in [6.45, 7) is 0. The Kier molecular flexibility index (Phi) is 4.56. The van der Waals surface area contributed by atoms with E-state index in [9.17, 15) is 18.0 Å². The number of halogens is 3. The minimum absolute atomic E-state index is 0.171. The zero-order chi connectivity index (χ0) is 14.5. The number of rotatable bonds is 4. The zero-order valence-corrected chi connectivity index (χ0v) is 9.44. The zero-order valence-electron chi connectivity index (χ0n) is 9.44. The number of amides is 1. The predicted molar refractivity (Wildman–Crippen MR) is 59.8 cm³/mol. The maximum atomic E-state index is 12.1. The second-order valence-electron chi connectivity index (χ2n) is 3.36. The minimum atomic E-state index is -4.87. The average molecular weight is 277 g/mol. The van der Waals surface area contributed by atoms with Gasteiger partial charge in [-0.2, -0.15) is 0 Å². The highest BCUT2D eigenvalue weighted by Gasteiger charge is 2.32. The van der Waals surface area contributed by atoms with Gasteiger partial charge in [0.25, 0.3) is 0 Å². The summed E-state index contributed by atoms with van der Waals surface area (Å²) in [5, 5.41) is 13.0. The molecule has 0 atom stereocenters. The summed E-state index contributed by atoms with van der Waals surface area (Å²) in [7, 11) is 0. The van der Waals surface area contributed by atoms with Crippen LogP contribution in [0.25, 0.3) is 0 Å². The van der Waals surface area contributed by atoms with Crippen LogP contribution >= 0.6 is 0 Å². The molecule has 0 saturated heterocycles. The number of ether oxygens (including phenoxy) is 1. The van der Waals surface area contributed by atoms with Crippen molar-refractivity contribution in [3.05, 3.63) is 24.3 Å². The van der Waals surface area contributed by atoms with Crippen LogP contribution in [0.15, 0.2) is 29.4 Å². The van der Waals surface area contributed by atoms with Gasteiger partial charge in [0.15, 0.2) is 5.75 Å². The fraction of sp³-hybridized carbons (Fsp3) is 0.200. The average Bonchev–Trinajstić information content (AvgIpc) is 2.29. The normalized spacial score (nSPS) is 12.1. The lowest BCUT2D eigenvalue weighted by molar-refractivity contribution is -0.274. The number of hydrogen-bond donors (Lipinski definition) is 3. The first kappa shape index (κ1) is 14.6. The van der Waals surface area contributed by atoms with Crippen molar-refractivity contribution in [3.63, 3.8) is 0 Å². The van der Waals surface area contributed by atoms with Crippen LogP contribution in [0.2, 0.25) is 0 Å². The second-order valence-corrected chi connectivity index (χ2v) is 3.36. The summed E-state index contributed by atoms with van der Waals surface area (Å²) < 4.78 is 40.1. The van der Waals surface area contributed by atoms with Crippen LogP contribution in [0.5, 0.6) is 5.75 Å². The number of oxime groups is 1. The Balaban J connectivity index is 2.81. The van der Waals surface area contributed by atoms with Gasteiger partial charge in [0, 0.05) is 0 Å². The lowest BCUT2D eigenvalue weighted by atomic mass is 10.2. The van der Waals surface area contributed by atoms with Crippen molar-refractivity contribution in [2.75, 3.05) is 5.32 Å². The number of carbonyl (C=O) groups excluding carboxylic acids is 1. The van der Waals surface area contributed by atoms with Gasteiger partial charge in [-0.1, -0.05) is 17.3 Å². The molecule has 0 saturated carbocycles. The molecule has 4 N–H and O–H groups in total. The number of carbonyl (C=O) groups is 1. The van der Waals surface area contributed by atoms with E-state index in [0.29, 0.717) is 0 Å². The van der Waals surface area contributed by atoms with Crippen molar-refractivity contribution < 1.29 is 27.9 Å². The smallest absolute Gasteiger partial charge is 0.409 e. The van der Waals surface area contributed by atoms with E-state index in [2.05, 4.69) is 15.2 Å². The Bertz CT molecular complexity index is 488. The molecule has 0 aliphatic heterocycles. The van der Waals surface area contributed by atoms with Gasteiger partial charge in [0.05, 0.1) is 12.1 Å². The first-order chi connectivity index (χ1) is 8.81. The third kappa shape index (κ3) is 5.15. The predicted octanol–water partition coefficient (Wildman–Crippen LogP) is 1.66. The Labute approximate surface area is 105 Å². The summed E-state index contributed by atoms with van der Waals surface area (Å²) >= 11 is 0. The minimum Gasteiger partial charge on any atom is -0.409 e. The monoisotopic (exact) mass is 277 g/mol. The number of nitrogens with zero attached hydrogens (tertiary/aromatic N) is 1. The molecule has 1 aromatic carbocycles. The molecule has 0 fully saturated rings. The lowest BCUT2D eigenvalue weighted by Crippen LogP contribution is -2.23. The molecule has 0 aromatic heterocycles. The largest absolute Gasteiger partial charge is 0.573 e. The van der Waals surface area contributed by atoms with Crippen LogP contribution in [0.4, 0.5) is 18.9 Å². The molecule has 6 nitrogen and oxygen atoms in total. The van der Waals surface area contributed by atoms with Crippen LogP contribution in [0, 0.1) is 0 Å². The van der Waals surface area contributed by atoms with Crippen LogP contribution in [-0.2, 0) is 4.79 Å². The molecule has 0 spiro atoms. The van der Waals surface area contributed by atoms with Gasteiger partial charge in [-0.05, 0) is 12.1 Å². The first-order valence-corrected chi connectivity index (χ1v) is 4.93.